The quantitative estimate of drug-likeness (QED) is 0.664. The monoisotopic (exact) mass is 254 g/mol. The Kier molecular flexibility index (Phi) is 6.41. The van der Waals surface area contributed by atoms with Crippen LogP contribution in [0.2, 0.25) is 0 Å². The maximum absolute atomic E-state index is 3.61. The molecule has 0 aromatic carbocycles. The van der Waals surface area contributed by atoms with Crippen molar-refractivity contribution in [3.05, 3.63) is 0 Å². The number of likely N-dealkylation sites (tertiary alicyclic amines) is 1. The van der Waals surface area contributed by atoms with Crippen molar-refractivity contribution in [2.24, 2.45) is 5.92 Å². The van der Waals surface area contributed by atoms with Crippen LogP contribution in [0.3, 0.4) is 0 Å². The normalized spacial score (nSPS) is 27.5. The van der Waals surface area contributed by atoms with E-state index < -0.39 is 0 Å². The molecular weight excluding hydrogens is 224 g/mol. The summed E-state index contributed by atoms with van der Waals surface area (Å²) in [6.07, 6.45) is 4.18. The third-order valence-corrected chi connectivity index (χ3v) is 4.27. The fraction of sp³-hybridized carbons (Fsp3) is 1.00. The molecule has 2 aliphatic heterocycles. The molecule has 0 bridgehead atoms. The van der Waals surface area contributed by atoms with Crippen LogP contribution in [-0.4, -0.2) is 75.8 Å². The van der Waals surface area contributed by atoms with Crippen LogP contribution >= 0.6 is 0 Å². The van der Waals surface area contributed by atoms with Crippen LogP contribution in [0.15, 0.2) is 0 Å². The zero-order valence-electron chi connectivity index (χ0n) is 12.0. The molecule has 4 heteroatoms. The lowest BCUT2D eigenvalue weighted by atomic mass is 9.95. The van der Waals surface area contributed by atoms with Gasteiger partial charge in [-0.05, 0) is 45.3 Å². The third kappa shape index (κ3) is 5.22. The molecule has 0 aliphatic carbocycles. The van der Waals surface area contributed by atoms with E-state index in [9.17, 15) is 0 Å². The summed E-state index contributed by atoms with van der Waals surface area (Å²) in [5, 5.41) is 7.01. The van der Waals surface area contributed by atoms with Gasteiger partial charge >= 0.3 is 0 Å². The van der Waals surface area contributed by atoms with Crippen LogP contribution in [0.4, 0.5) is 0 Å². The highest BCUT2D eigenvalue weighted by molar-refractivity contribution is 4.72. The molecule has 2 rings (SSSR count). The Morgan fingerprint density at radius 1 is 1.17 bits per heavy atom. The van der Waals surface area contributed by atoms with Crippen molar-refractivity contribution in [3.63, 3.8) is 0 Å². The molecule has 1 atom stereocenters. The fourth-order valence-electron chi connectivity index (χ4n) is 3.11. The van der Waals surface area contributed by atoms with Crippen molar-refractivity contribution >= 4 is 0 Å². The van der Waals surface area contributed by atoms with Crippen molar-refractivity contribution < 1.29 is 0 Å². The summed E-state index contributed by atoms with van der Waals surface area (Å²) in [7, 11) is 2.25. The Morgan fingerprint density at radius 3 is 2.78 bits per heavy atom. The predicted molar refractivity (Wildman–Crippen MR) is 77.0 cm³/mol. The Bertz CT molecular complexity index is 216. The van der Waals surface area contributed by atoms with Gasteiger partial charge in [0.05, 0.1) is 0 Å². The van der Waals surface area contributed by atoms with E-state index in [0.29, 0.717) is 0 Å². The van der Waals surface area contributed by atoms with Gasteiger partial charge in [-0.15, -0.1) is 0 Å². The number of rotatable bonds is 6. The highest BCUT2D eigenvalue weighted by Gasteiger charge is 2.16. The van der Waals surface area contributed by atoms with E-state index in [1.807, 2.05) is 0 Å². The molecule has 0 spiro atoms. The van der Waals surface area contributed by atoms with Crippen molar-refractivity contribution in [1.82, 2.24) is 20.4 Å². The van der Waals surface area contributed by atoms with Gasteiger partial charge in [-0.3, -0.25) is 4.90 Å². The Labute approximate surface area is 112 Å². The van der Waals surface area contributed by atoms with E-state index in [4.69, 9.17) is 0 Å². The number of hydrogen-bond acceptors (Lipinski definition) is 4. The van der Waals surface area contributed by atoms with Gasteiger partial charge in [-0.25, -0.2) is 0 Å². The lowest BCUT2D eigenvalue weighted by molar-refractivity contribution is 0.199. The Morgan fingerprint density at radius 2 is 2.00 bits per heavy atom. The number of nitrogens with zero attached hydrogens (tertiary/aromatic N) is 2. The van der Waals surface area contributed by atoms with E-state index in [1.165, 1.54) is 58.5 Å². The molecule has 0 radical (unpaired) electrons. The standard InChI is InChI=1S/C14H30N4/c1-17-9-2-3-14(13-17)4-5-15-6-10-18-11-7-16-8-12-18/h14-16H,2-13H2,1H3. The van der Waals surface area contributed by atoms with E-state index in [1.54, 1.807) is 0 Å². The topological polar surface area (TPSA) is 30.5 Å². The molecule has 0 aromatic heterocycles. The first kappa shape index (κ1) is 14.3. The molecule has 2 saturated heterocycles. The average Bonchev–Trinajstić information content (AvgIpc) is 2.40. The van der Waals surface area contributed by atoms with Gasteiger partial charge in [0, 0.05) is 45.8 Å². The Balaban J connectivity index is 1.45. The van der Waals surface area contributed by atoms with Crippen LogP contribution in [0.25, 0.3) is 0 Å². The molecule has 1 unspecified atom stereocenters. The summed E-state index contributed by atoms with van der Waals surface area (Å²) in [4.78, 5) is 5.03. The van der Waals surface area contributed by atoms with E-state index in [-0.39, 0.29) is 0 Å². The molecule has 4 nitrogen and oxygen atoms in total. The molecule has 2 N–H and O–H groups in total. The smallest absolute Gasteiger partial charge is 0.0108 e. The number of piperidine rings is 1. The minimum atomic E-state index is 0.926. The molecule has 2 fully saturated rings. The zero-order chi connectivity index (χ0) is 12.6. The maximum atomic E-state index is 3.61. The third-order valence-electron chi connectivity index (χ3n) is 4.27. The summed E-state index contributed by atoms with van der Waals surface area (Å²) in [6.45, 7) is 10.9. The molecule has 106 valence electrons. The first-order valence-corrected chi connectivity index (χ1v) is 7.67. The molecule has 0 saturated carbocycles. The molecule has 2 heterocycles. The van der Waals surface area contributed by atoms with Gasteiger partial charge in [0.25, 0.3) is 0 Å². The second-order valence-electron chi connectivity index (χ2n) is 5.90. The van der Waals surface area contributed by atoms with Gasteiger partial charge in [0.1, 0.15) is 0 Å². The second kappa shape index (κ2) is 8.10. The number of nitrogens with one attached hydrogen (secondary N) is 2. The number of piperazine rings is 1. The van der Waals surface area contributed by atoms with Gasteiger partial charge in [-0.1, -0.05) is 0 Å². The lowest BCUT2D eigenvalue weighted by Crippen LogP contribution is -2.45. The van der Waals surface area contributed by atoms with Crippen LogP contribution in [0.5, 0.6) is 0 Å². The highest BCUT2D eigenvalue weighted by Crippen LogP contribution is 2.17. The minimum Gasteiger partial charge on any atom is -0.315 e. The summed E-state index contributed by atoms with van der Waals surface area (Å²) < 4.78 is 0. The first-order valence-electron chi connectivity index (χ1n) is 7.67. The van der Waals surface area contributed by atoms with Crippen molar-refractivity contribution in [2.45, 2.75) is 19.3 Å². The van der Waals surface area contributed by atoms with Crippen LogP contribution in [0.1, 0.15) is 19.3 Å². The summed E-state index contributed by atoms with van der Waals surface area (Å²) >= 11 is 0. The van der Waals surface area contributed by atoms with Crippen molar-refractivity contribution in [1.29, 1.82) is 0 Å². The Hall–Kier alpha value is -0.160. The first-order chi connectivity index (χ1) is 8.84. The predicted octanol–water partition coefficient (Wildman–Crippen LogP) is 0.213. The molecule has 0 amide bonds. The zero-order valence-corrected chi connectivity index (χ0v) is 12.0. The van der Waals surface area contributed by atoms with Crippen LogP contribution in [0, 0.1) is 5.92 Å². The van der Waals surface area contributed by atoms with Gasteiger partial charge in [-0.2, -0.15) is 0 Å². The highest BCUT2D eigenvalue weighted by atomic mass is 15.2. The SMILES string of the molecule is CN1CCCC(CCNCCN2CCNCC2)C1. The fourth-order valence-corrected chi connectivity index (χ4v) is 3.11. The number of hydrogen-bond donors (Lipinski definition) is 2. The van der Waals surface area contributed by atoms with E-state index in [0.717, 1.165) is 25.6 Å². The molecule has 0 aromatic rings. The largest absolute Gasteiger partial charge is 0.315 e. The van der Waals surface area contributed by atoms with Crippen molar-refractivity contribution in [2.75, 3.05) is 66.0 Å². The van der Waals surface area contributed by atoms with Gasteiger partial charge < -0.3 is 15.5 Å². The molecule has 18 heavy (non-hydrogen) atoms. The van der Waals surface area contributed by atoms with E-state index >= 15 is 0 Å². The van der Waals surface area contributed by atoms with Crippen molar-refractivity contribution in [3.8, 4) is 0 Å². The van der Waals surface area contributed by atoms with Crippen LogP contribution in [-0.2, 0) is 0 Å². The van der Waals surface area contributed by atoms with Gasteiger partial charge in [0.15, 0.2) is 0 Å². The van der Waals surface area contributed by atoms with Gasteiger partial charge in [0.2, 0.25) is 0 Å². The minimum absolute atomic E-state index is 0.926. The lowest BCUT2D eigenvalue weighted by Gasteiger charge is -2.30. The molecule has 2 aliphatic rings. The molecular formula is C14H30N4. The summed E-state index contributed by atoms with van der Waals surface area (Å²) in [6, 6.07) is 0. The maximum Gasteiger partial charge on any atom is 0.0108 e. The summed E-state index contributed by atoms with van der Waals surface area (Å²) in [5.41, 5.74) is 0. The van der Waals surface area contributed by atoms with E-state index in [2.05, 4.69) is 27.5 Å². The summed E-state index contributed by atoms with van der Waals surface area (Å²) in [5.74, 6) is 0.926. The second-order valence-corrected chi connectivity index (χ2v) is 5.90. The average molecular weight is 254 g/mol. The van der Waals surface area contributed by atoms with Crippen LogP contribution < -0.4 is 10.6 Å².